The van der Waals surface area contributed by atoms with Gasteiger partial charge in [-0.2, -0.15) is 0 Å². The SMILES string of the molecule is CCOC1CCN(C(c2cccc(C)c2)C(C)N)CC1. The van der Waals surface area contributed by atoms with Crippen LogP contribution in [0.4, 0.5) is 0 Å². The number of likely N-dealkylation sites (tertiary alicyclic amines) is 1. The second kappa shape index (κ2) is 7.21. The number of aryl methyl sites for hydroxylation is 1. The zero-order valence-corrected chi connectivity index (χ0v) is 13.0. The molecule has 1 aliphatic rings. The predicted octanol–water partition coefficient (Wildman–Crippen LogP) is 2.88. The Morgan fingerprint density at radius 3 is 2.60 bits per heavy atom. The van der Waals surface area contributed by atoms with Crippen LogP contribution in [0, 0.1) is 6.92 Å². The van der Waals surface area contributed by atoms with Crippen molar-refractivity contribution in [3.05, 3.63) is 35.4 Å². The molecule has 3 nitrogen and oxygen atoms in total. The summed E-state index contributed by atoms with van der Waals surface area (Å²) < 4.78 is 5.74. The van der Waals surface area contributed by atoms with Crippen LogP contribution in [0.1, 0.15) is 43.9 Å². The maximum absolute atomic E-state index is 6.27. The molecule has 1 fully saturated rings. The van der Waals surface area contributed by atoms with E-state index < -0.39 is 0 Å². The Balaban J connectivity index is 2.07. The number of benzene rings is 1. The zero-order valence-electron chi connectivity index (χ0n) is 13.0. The molecule has 0 saturated carbocycles. The van der Waals surface area contributed by atoms with E-state index >= 15 is 0 Å². The highest BCUT2D eigenvalue weighted by Crippen LogP contribution is 2.28. The van der Waals surface area contributed by atoms with Crippen LogP contribution in [-0.4, -0.2) is 36.7 Å². The van der Waals surface area contributed by atoms with Gasteiger partial charge in [0.15, 0.2) is 0 Å². The summed E-state index contributed by atoms with van der Waals surface area (Å²) in [5, 5.41) is 0. The molecule has 3 heteroatoms. The van der Waals surface area contributed by atoms with Gasteiger partial charge in [-0.1, -0.05) is 29.8 Å². The summed E-state index contributed by atoms with van der Waals surface area (Å²) in [6, 6.07) is 9.20. The summed E-state index contributed by atoms with van der Waals surface area (Å²) in [6.45, 7) is 9.30. The van der Waals surface area contributed by atoms with E-state index in [-0.39, 0.29) is 6.04 Å². The molecular formula is C17H28N2O. The van der Waals surface area contributed by atoms with Gasteiger partial charge in [0.2, 0.25) is 0 Å². The first-order chi connectivity index (χ1) is 9.61. The van der Waals surface area contributed by atoms with Gasteiger partial charge in [0.05, 0.1) is 6.10 Å². The second-order valence-electron chi connectivity index (χ2n) is 5.91. The molecule has 0 aliphatic carbocycles. The van der Waals surface area contributed by atoms with Crippen LogP contribution in [0.2, 0.25) is 0 Å². The van der Waals surface area contributed by atoms with E-state index in [9.17, 15) is 0 Å². The summed E-state index contributed by atoms with van der Waals surface area (Å²) >= 11 is 0. The normalized spacial score (nSPS) is 20.8. The summed E-state index contributed by atoms with van der Waals surface area (Å²) in [6.07, 6.45) is 2.66. The third-order valence-electron chi connectivity index (χ3n) is 4.15. The molecule has 20 heavy (non-hydrogen) atoms. The zero-order chi connectivity index (χ0) is 14.5. The molecular weight excluding hydrogens is 248 g/mol. The Labute approximate surface area is 123 Å². The lowest BCUT2D eigenvalue weighted by Crippen LogP contribution is -2.45. The number of hydrogen-bond donors (Lipinski definition) is 1. The van der Waals surface area contributed by atoms with E-state index in [0.717, 1.165) is 32.5 Å². The Bertz CT molecular complexity index is 411. The summed E-state index contributed by atoms with van der Waals surface area (Å²) in [5.41, 5.74) is 8.92. The number of rotatable bonds is 5. The van der Waals surface area contributed by atoms with Crippen LogP contribution in [0.15, 0.2) is 24.3 Å². The van der Waals surface area contributed by atoms with Gasteiger partial charge >= 0.3 is 0 Å². The molecule has 112 valence electrons. The molecule has 1 heterocycles. The van der Waals surface area contributed by atoms with Gasteiger partial charge in [-0.3, -0.25) is 4.90 Å². The Kier molecular flexibility index (Phi) is 5.58. The van der Waals surface area contributed by atoms with Crippen molar-refractivity contribution in [2.45, 2.75) is 51.8 Å². The highest BCUT2D eigenvalue weighted by molar-refractivity contribution is 5.26. The van der Waals surface area contributed by atoms with Crippen LogP contribution < -0.4 is 5.73 Å². The molecule has 0 amide bonds. The average molecular weight is 276 g/mol. The minimum atomic E-state index is 0.139. The van der Waals surface area contributed by atoms with Crippen molar-refractivity contribution in [3.8, 4) is 0 Å². The quantitative estimate of drug-likeness (QED) is 0.898. The van der Waals surface area contributed by atoms with Gasteiger partial charge in [0.1, 0.15) is 0 Å². The summed E-state index contributed by atoms with van der Waals surface area (Å²) in [7, 11) is 0. The standard InChI is InChI=1S/C17H28N2O/c1-4-20-16-8-10-19(11-9-16)17(14(3)18)15-7-5-6-13(2)12-15/h5-7,12,14,16-17H,4,8-11,18H2,1-3H3. The molecule has 1 aliphatic heterocycles. The van der Waals surface area contributed by atoms with Crippen molar-refractivity contribution in [1.29, 1.82) is 0 Å². The third-order valence-corrected chi connectivity index (χ3v) is 4.15. The van der Waals surface area contributed by atoms with Crippen LogP contribution >= 0.6 is 0 Å². The molecule has 1 aromatic carbocycles. The van der Waals surface area contributed by atoms with Crippen molar-refractivity contribution >= 4 is 0 Å². The molecule has 0 radical (unpaired) electrons. The smallest absolute Gasteiger partial charge is 0.0599 e. The van der Waals surface area contributed by atoms with Gasteiger partial charge in [-0.25, -0.2) is 0 Å². The molecule has 2 rings (SSSR count). The molecule has 0 spiro atoms. The first kappa shape index (κ1) is 15.5. The lowest BCUT2D eigenvalue weighted by Gasteiger charge is -2.39. The molecule has 1 aromatic rings. The summed E-state index contributed by atoms with van der Waals surface area (Å²) in [5.74, 6) is 0. The molecule has 2 unspecified atom stereocenters. The van der Waals surface area contributed by atoms with Crippen molar-refractivity contribution < 1.29 is 4.74 Å². The van der Waals surface area contributed by atoms with Crippen LogP contribution in [-0.2, 0) is 4.74 Å². The van der Waals surface area contributed by atoms with E-state index in [0.29, 0.717) is 12.1 Å². The van der Waals surface area contributed by atoms with Crippen LogP contribution in [0.5, 0.6) is 0 Å². The number of piperidine rings is 1. The molecule has 2 N–H and O–H groups in total. The lowest BCUT2D eigenvalue weighted by molar-refractivity contribution is 0.00118. The van der Waals surface area contributed by atoms with Crippen molar-refractivity contribution in [1.82, 2.24) is 4.90 Å². The fourth-order valence-corrected chi connectivity index (χ4v) is 3.26. The topological polar surface area (TPSA) is 38.5 Å². The average Bonchev–Trinajstić information content (AvgIpc) is 2.41. The number of nitrogens with two attached hydrogens (primary N) is 1. The molecule has 1 saturated heterocycles. The predicted molar refractivity (Wildman–Crippen MR) is 83.8 cm³/mol. The van der Waals surface area contributed by atoms with Crippen molar-refractivity contribution in [2.75, 3.05) is 19.7 Å². The lowest BCUT2D eigenvalue weighted by atomic mass is 9.95. The van der Waals surface area contributed by atoms with Crippen LogP contribution in [0.25, 0.3) is 0 Å². The Hall–Kier alpha value is -0.900. The first-order valence-corrected chi connectivity index (χ1v) is 7.79. The van der Waals surface area contributed by atoms with Gasteiger partial charge in [0, 0.05) is 31.8 Å². The van der Waals surface area contributed by atoms with E-state index in [1.54, 1.807) is 0 Å². The van der Waals surface area contributed by atoms with E-state index in [1.807, 2.05) is 0 Å². The highest BCUT2D eigenvalue weighted by Gasteiger charge is 2.28. The van der Waals surface area contributed by atoms with Gasteiger partial charge in [-0.05, 0) is 39.2 Å². The highest BCUT2D eigenvalue weighted by atomic mass is 16.5. The third kappa shape index (κ3) is 3.81. The van der Waals surface area contributed by atoms with Gasteiger partial charge in [-0.15, -0.1) is 0 Å². The first-order valence-electron chi connectivity index (χ1n) is 7.79. The summed E-state index contributed by atoms with van der Waals surface area (Å²) in [4.78, 5) is 2.52. The van der Waals surface area contributed by atoms with E-state index in [1.165, 1.54) is 11.1 Å². The number of nitrogens with zero attached hydrogens (tertiary/aromatic N) is 1. The Morgan fingerprint density at radius 2 is 2.05 bits per heavy atom. The fraction of sp³-hybridized carbons (Fsp3) is 0.647. The van der Waals surface area contributed by atoms with Crippen molar-refractivity contribution in [2.24, 2.45) is 5.73 Å². The minimum absolute atomic E-state index is 0.139. The van der Waals surface area contributed by atoms with E-state index in [2.05, 4.69) is 49.9 Å². The monoisotopic (exact) mass is 276 g/mol. The molecule has 0 aromatic heterocycles. The fourth-order valence-electron chi connectivity index (χ4n) is 3.26. The Morgan fingerprint density at radius 1 is 1.35 bits per heavy atom. The second-order valence-corrected chi connectivity index (χ2v) is 5.91. The minimum Gasteiger partial charge on any atom is -0.378 e. The maximum atomic E-state index is 6.27. The molecule has 2 atom stereocenters. The number of ether oxygens (including phenoxy) is 1. The largest absolute Gasteiger partial charge is 0.378 e. The van der Waals surface area contributed by atoms with Gasteiger partial charge in [0.25, 0.3) is 0 Å². The van der Waals surface area contributed by atoms with Crippen LogP contribution in [0.3, 0.4) is 0 Å². The maximum Gasteiger partial charge on any atom is 0.0599 e. The number of hydrogen-bond acceptors (Lipinski definition) is 3. The molecule has 0 bridgehead atoms. The van der Waals surface area contributed by atoms with Crippen molar-refractivity contribution in [3.63, 3.8) is 0 Å². The van der Waals surface area contributed by atoms with Gasteiger partial charge < -0.3 is 10.5 Å². The van der Waals surface area contributed by atoms with E-state index in [4.69, 9.17) is 10.5 Å².